The maximum absolute atomic E-state index is 12.8. The Kier molecular flexibility index (Phi) is 7.58. The molecule has 3 aromatic rings. The minimum atomic E-state index is -0.497. The molecule has 1 aliphatic heterocycles. The first kappa shape index (κ1) is 24.6. The van der Waals surface area contributed by atoms with E-state index in [-0.39, 0.29) is 11.4 Å². The first-order chi connectivity index (χ1) is 16.8. The average molecular weight is 507 g/mol. The largest absolute Gasteiger partial charge is 0.489 e. The van der Waals surface area contributed by atoms with Crippen molar-refractivity contribution in [1.29, 1.82) is 0 Å². The van der Waals surface area contributed by atoms with Gasteiger partial charge in [-0.1, -0.05) is 41.9 Å². The van der Waals surface area contributed by atoms with Crippen molar-refractivity contribution in [3.63, 3.8) is 0 Å². The van der Waals surface area contributed by atoms with Crippen LogP contribution in [0.1, 0.15) is 22.3 Å². The molecule has 0 unspecified atom stereocenters. The molecule has 35 heavy (non-hydrogen) atoms. The lowest BCUT2D eigenvalue weighted by Gasteiger charge is -2.13. The van der Waals surface area contributed by atoms with Gasteiger partial charge in [0.15, 0.2) is 0 Å². The third kappa shape index (κ3) is 6.32. The smallest absolute Gasteiger partial charge is 0.294 e. The van der Waals surface area contributed by atoms with Gasteiger partial charge in [-0.25, -0.2) is 0 Å². The lowest BCUT2D eigenvalue weighted by Crippen LogP contribution is -2.36. The van der Waals surface area contributed by atoms with Gasteiger partial charge < -0.3 is 10.1 Å². The summed E-state index contributed by atoms with van der Waals surface area (Å²) in [6.07, 6.45) is 1.63. The van der Waals surface area contributed by atoms with Crippen LogP contribution in [0.5, 0.6) is 5.75 Å². The Labute approximate surface area is 212 Å². The molecule has 1 heterocycles. The van der Waals surface area contributed by atoms with E-state index in [1.54, 1.807) is 30.3 Å². The average Bonchev–Trinajstić information content (AvgIpc) is 3.08. The standard InChI is InChI=1S/C27H23ClN2O4S/c1-17-6-11-22(12-18(17)2)29-25(31)15-30-26(32)24(35-27(30)33)14-20-4-3-5-23(13-20)34-16-19-7-9-21(28)10-8-19/h3-14H,15-16H2,1-2H3,(H,29,31)/b24-14+. The zero-order valence-corrected chi connectivity index (χ0v) is 20.8. The molecule has 3 aromatic carbocycles. The first-order valence-electron chi connectivity index (χ1n) is 10.9. The maximum atomic E-state index is 12.8. The Hall–Kier alpha value is -3.55. The number of nitrogens with one attached hydrogen (secondary N) is 1. The molecule has 0 saturated carbocycles. The lowest BCUT2D eigenvalue weighted by atomic mass is 10.1. The second-order valence-corrected chi connectivity index (χ2v) is 9.53. The molecule has 0 spiro atoms. The number of benzene rings is 3. The van der Waals surface area contributed by atoms with Crippen molar-refractivity contribution in [1.82, 2.24) is 4.90 Å². The molecular formula is C27H23ClN2O4S. The van der Waals surface area contributed by atoms with Crippen molar-refractivity contribution >= 4 is 52.2 Å². The van der Waals surface area contributed by atoms with Gasteiger partial charge in [0.05, 0.1) is 4.91 Å². The van der Waals surface area contributed by atoms with E-state index in [9.17, 15) is 14.4 Å². The van der Waals surface area contributed by atoms with E-state index < -0.39 is 17.1 Å². The van der Waals surface area contributed by atoms with Gasteiger partial charge in [-0.05, 0) is 90.3 Å². The van der Waals surface area contributed by atoms with Gasteiger partial charge in [0.2, 0.25) is 5.91 Å². The van der Waals surface area contributed by atoms with Gasteiger partial charge in [0.25, 0.3) is 11.1 Å². The maximum Gasteiger partial charge on any atom is 0.294 e. The Morgan fingerprint density at radius 2 is 1.80 bits per heavy atom. The van der Waals surface area contributed by atoms with Crippen LogP contribution in [0.15, 0.2) is 71.6 Å². The summed E-state index contributed by atoms with van der Waals surface area (Å²) >= 11 is 6.72. The van der Waals surface area contributed by atoms with E-state index in [2.05, 4.69) is 5.32 Å². The molecule has 6 nitrogen and oxygen atoms in total. The van der Waals surface area contributed by atoms with Crippen LogP contribution in [-0.2, 0) is 16.2 Å². The molecule has 3 amide bonds. The summed E-state index contributed by atoms with van der Waals surface area (Å²) in [6, 6.07) is 20.1. The number of nitrogens with zero attached hydrogens (tertiary/aromatic N) is 1. The summed E-state index contributed by atoms with van der Waals surface area (Å²) in [7, 11) is 0. The van der Waals surface area contributed by atoms with Crippen LogP contribution in [0.4, 0.5) is 10.5 Å². The van der Waals surface area contributed by atoms with Crippen molar-refractivity contribution in [3.8, 4) is 5.75 Å². The summed E-state index contributed by atoms with van der Waals surface area (Å²) in [4.78, 5) is 38.9. The fraction of sp³-hybridized carbons (Fsp3) is 0.148. The third-order valence-corrected chi connectivity index (χ3v) is 6.60. The number of hydrogen-bond donors (Lipinski definition) is 1. The topological polar surface area (TPSA) is 75.7 Å². The molecule has 0 radical (unpaired) electrons. The molecular weight excluding hydrogens is 484 g/mol. The van der Waals surface area contributed by atoms with Crippen molar-refractivity contribution in [2.24, 2.45) is 0 Å². The highest BCUT2D eigenvalue weighted by Gasteiger charge is 2.36. The fourth-order valence-electron chi connectivity index (χ4n) is 3.39. The second kappa shape index (κ2) is 10.8. The van der Waals surface area contributed by atoms with Gasteiger partial charge in [0, 0.05) is 10.7 Å². The van der Waals surface area contributed by atoms with Crippen LogP contribution in [0.3, 0.4) is 0 Å². The Morgan fingerprint density at radius 3 is 2.54 bits per heavy atom. The van der Waals surface area contributed by atoms with E-state index >= 15 is 0 Å². The number of hydrogen-bond acceptors (Lipinski definition) is 5. The van der Waals surface area contributed by atoms with Gasteiger partial charge in [0.1, 0.15) is 18.9 Å². The Morgan fingerprint density at radius 1 is 1.03 bits per heavy atom. The highest BCUT2D eigenvalue weighted by atomic mass is 35.5. The number of rotatable bonds is 7. The summed E-state index contributed by atoms with van der Waals surface area (Å²) < 4.78 is 5.84. The minimum absolute atomic E-state index is 0.254. The summed E-state index contributed by atoms with van der Waals surface area (Å²) in [6.45, 7) is 3.95. The molecule has 0 atom stereocenters. The second-order valence-electron chi connectivity index (χ2n) is 8.10. The van der Waals surface area contributed by atoms with Crippen LogP contribution >= 0.6 is 23.4 Å². The number of halogens is 1. The quantitative estimate of drug-likeness (QED) is 0.385. The van der Waals surface area contributed by atoms with Gasteiger partial charge in [-0.2, -0.15) is 0 Å². The molecule has 0 aromatic heterocycles. The van der Waals surface area contributed by atoms with Gasteiger partial charge in [-0.3, -0.25) is 19.3 Å². The monoisotopic (exact) mass is 506 g/mol. The van der Waals surface area contributed by atoms with E-state index in [1.165, 1.54) is 0 Å². The van der Waals surface area contributed by atoms with E-state index in [0.29, 0.717) is 28.6 Å². The summed E-state index contributed by atoms with van der Waals surface area (Å²) in [5, 5.41) is 2.92. The third-order valence-electron chi connectivity index (χ3n) is 5.44. The number of carbonyl (C=O) groups excluding carboxylic acids is 3. The molecule has 0 aliphatic carbocycles. The SMILES string of the molecule is Cc1ccc(NC(=O)CN2C(=O)S/C(=C/c3cccc(OCc4ccc(Cl)cc4)c3)C2=O)cc1C. The molecule has 4 rings (SSSR count). The van der Waals surface area contributed by atoms with Crippen molar-refractivity contribution < 1.29 is 19.1 Å². The van der Waals surface area contributed by atoms with E-state index in [0.717, 1.165) is 33.4 Å². The van der Waals surface area contributed by atoms with Gasteiger partial charge >= 0.3 is 0 Å². The van der Waals surface area contributed by atoms with Gasteiger partial charge in [-0.15, -0.1) is 0 Å². The molecule has 0 bridgehead atoms. The first-order valence-corrected chi connectivity index (χ1v) is 12.1. The van der Waals surface area contributed by atoms with Crippen LogP contribution in [0.2, 0.25) is 5.02 Å². The molecule has 1 N–H and O–H groups in total. The Bertz CT molecular complexity index is 1320. The number of ether oxygens (including phenoxy) is 1. The van der Waals surface area contributed by atoms with Crippen molar-refractivity contribution in [3.05, 3.63) is 98.9 Å². The molecule has 178 valence electrons. The molecule has 8 heteroatoms. The van der Waals surface area contributed by atoms with Crippen molar-refractivity contribution in [2.45, 2.75) is 20.5 Å². The number of anilines is 1. The van der Waals surface area contributed by atoms with Crippen LogP contribution in [0.25, 0.3) is 6.08 Å². The van der Waals surface area contributed by atoms with Crippen LogP contribution in [-0.4, -0.2) is 28.5 Å². The molecule has 1 fully saturated rings. The highest BCUT2D eigenvalue weighted by molar-refractivity contribution is 8.18. The summed E-state index contributed by atoms with van der Waals surface area (Å²) in [5.74, 6) is -0.308. The molecule has 1 aliphatic rings. The number of thioether (sulfide) groups is 1. The predicted octanol–water partition coefficient (Wildman–Crippen LogP) is 6.21. The zero-order chi connectivity index (χ0) is 24.9. The minimum Gasteiger partial charge on any atom is -0.489 e. The number of imide groups is 1. The van der Waals surface area contributed by atoms with E-state index in [1.807, 2.05) is 56.3 Å². The number of amides is 3. The molecule has 1 saturated heterocycles. The normalized spacial score (nSPS) is 14.5. The summed E-state index contributed by atoms with van der Waals surface area (Å²) in [5.41, 5.74) is 4.45. The number of carbonyl (C=O) groups is 3. The number of aryl methyl sites for hydroxylation is 2. The fourth-order valence-corrected chi connectivity index (χ4v) is 4.36. The highest BCUT2D eigenvalue weighted by Crippen LogP contribution is 2.32. The zero-order valence-electron chi connectivity index (χ0n) is 19.2. The predicted molar refractivity (Wildman–Crippen MR) is 139 cm³/mol. The van der Waals surface area contributed by atoms with Crippen molar-refractivity contribution in [2.75, 3.05) is 11.9 Å². The Balaban J connectivity index is 1.39. The van der Waals surface area contributed by atoms with Crippen LogP contribution in [0, 0.1) is 13.8 Å². The van der Waals surface area contributed by atoms with E-state index in [4.69, 9.17) is 16.3 Å². The lowest BCUT2D eigenvalue weighted by molar-refractivity contribution is -0.127. The van der Waals surface area contributed by atoms with Crippen LogP contribution < -0.4 is 10.1 Å².